The van der Waals surface area contributed by atoms with Gasteiger partial charge in [0.05, 0.1) is 18.1 Å². The zero-order valence-corrected chi connectivity index (χ0v) is 21.9. The molecule has 0 aliphatic rings. The Morgan fingerprint density at radius 1 is 1.12 bits per heavy atom. The maximum absolute atomic E-state index is 12.5. The predicted molar refractivity (Wildman–Crippen MR) is 134 cm³/mol. The number of ether oxygens (including phenoxy) is 1. The molecule has 0 bridgehead atoms. The number of rotatable bonds is 13. The Kier molecular flexibility index (Phi) is 11.9. The second kappa shape index (κ2) is 13.6. The van der Waals surface area contributed by atoms with Crippen LogP contribution in [0.25, 0.3) is 0 Å². The first-order chi connectivity index (χ1) is 15.7. The molecule has 0 radical (unpaired) electrons. The normalized spacial score (nSPS) is 15.4. The Hall–Kier alpha value is -2.28. The summed E-state index contributed by atoms with van der Waals surface area (Å²) < 4.78 is 5.38. The molecule has 0 aliphatic carbocycles. The molecule has 1 unspecified atom stereocenters. The number of aliphatic hydroxyl groups excluding tert-OH is 1. The van der Waals surface area contributed by atoms with Crippen molar-refractivity contribution in [3.05, 3.63) is 29.3 Å². The molecule has 0 fully saturated rings. The minimum atomic E-state index is -1.04. The highest BCUT2D eigenvalue weighted by Gasteiger charge is 2.30. The lowest BCUT2D eigenvalue weighted by molar-refractivity contribution is -0.142. The number of aliphatic hydroxyl groups is 1. The van der Waals surface area contributed by atoms with E-state index in [-0.39, 0.29) is 18.3 Å². The van der Waals surface area contributed by atoms with Crippen LogP contribution in [0.4, 0.5) is 4.79 Å². The van der Waals surface area contributed by atoms with Gasteiger partial charge in [0.1, 0.15) is 11.4 Å². The van der Waals surface area contributed by atoms with Crippen molar-refractivity contribution in [1.82, 2.24) is 5.32 Å². The van der Waals surface area contributed by atoms with Gasteiger partial charge in [0.2, 0.25) is 0 Å². The number of amides is 1. The summed E-state index contributed by atoms with van der Waals surface area (Å²) >= 11 is 0. The van der Waals surface area contributed by atoms with Gasteiger partial charge in [-0.05, 0) is 81.9 Å². The van der Waals surface area contributed by atoms with Gasteiger partial charge in [-0.25, -0.2) is 4.79 Å². The fraction of sp³-hybridized carbons (Fsp3) is 0.704. The summed E-state index contributed by atoms with van der Waals surface area (Å²) in [4.78, 5) is 23.8. The SMILES string of the molecule is CCCCc1ccc(C[C@@H](C[C@H](NC(=O)OC(C)(C)C)[C@@H](O)CC(C)C(=O)O)C(C)C)cc1O. The van der Waals surface area contributed by atoms with Gasteiger partial charge >= 0.3 is 12.1 Å². The Morgan fingerprint density at radius 3 is 2.26 bits per heavy atom. The van der Waals surface area contributed by atoms with Crippen LogP contribution >= 0.6 is 0 Å². The first kappa shape index (κ1) is 29.8. The van der Waals surface area contributed by atoms with Crippen LogP contribution in [0, 0.1) is 17.8 Å². The van der Waals surface area contributed by atoms with E-state index in [1.807, 2.05) is 12.1 Å². The molecule has 7 nitrogen and oxygen atoms in total. The van der Waals surface area contributed by atoms with Crippen molar-refractivity contribution in [2.45, 2.75) is 105 Å². The molecule has 194 valence electrons. The van der Waals surface area contributed by atoms with Crippen LogP contribution in [0.3, 0.4) is 0 Å². The van der Waals surface area contributed by atoms with Gasteiger partial charge in [0, 0.05) is 0 Å². The van der Waals surface area contributed by atoms with Crippen molar-refractivity contribution < 1.29 is 29.6 Å². The molecule has 0 aliphatic heterocycles. The molecule has 1 aromatic rings. The van der Waals surface area contributed by atoms with Gasteiger partial charge in [0.25, 0.3) is 0 Å². The lowest BCUT2D eigenvalue weighted by Crippen LogP contribution is -2.47. The number of carbonyl (C=O) groups excluding carboxylic acids is 1. The van der Waals surface area contributed by atoms with Gasteiger partial charge in [-0.15, -0.1) is 0 Å². The first-order valence-corrected chi connectivity index (χ1v) is 12.4. The van der Waals surface area contributed by atoms with Crippen molar-refractivity contribution in [1.29, 1.82) is 0 Å². The highest BCUT2D eigenvalue weighted by atomic mass is 16.6. The largest absolute Gasteiger partial charge is 0.508 e. The Bertz CT molecular complexity index is 786. The van der Waals surface area contributed by atoms with Gasteiger partial charge in [-0.2, -0.15) is 0 Å². The number of aryl methyl sites for hydroxylation is 1. The number of phenols is 1. The van der Waals surface area contributed by atoms with Crippen molar-refractivity contribution in [3.8, 4) is 5.75 Å². The number of nitrogens with one attached hydrogen (secondary N) is 1. The summed E-state index contributed by atoms with van der Waals surface area (Å²) in [6.07, 6.45) is 2.37. The van der Waals surface area contributed by atoms with E-state index in [0.29, 0.717) is 18.6 Å². The van der Waals surface area contributed by atoms with Gasteiger partial charge in [-0.3, -0.25) is 4.79 Å². The number of carboxylic acids is 1. The minimum absolute atomic E-state index is 0.0214. The van der Waals surface area contributed by atoms with E-state index in [9.17, 15) is 24.9 Å². The average Bonchev–Trinajstić information content (AvgIpc) is 2.70. The molecule has 4 atom stereocenters. The molecular formula is C27H45NO6. The summed E-state index contributed by atoms with van der Waals surface area (Å²) in [5.41, 5.74) is 1.23. The Balaban J connectivity index is 3.05. The number of carbonyl (C=O) groups is 2. The summed E-state index contributed by atoms with van der Waals surface area (Å²) in [6.45, 7) is 13.1. The number of aliphatic carboxylic acids is 1. The molecule has 34 heavy (non-hydrogen) atoms. The van der Waals surface area contributed by atoms with Crippen molar-refractivity contribution in [2.75, 3.05) is 0 Å². The van der Waals surface area contributed by atoms with E-state index < -0.39 is 35.7 Å². The van der Waals surface area contributed by atoms with Crippen molar-refractivity contribution in [2.24, 2.45) is 17.8 Å². The number of aromatic hydroxyl groups is 1. The van der Waals surface area contributed by atoms with Crippen LogP contribution < -0.4 is 5.32 Å². The quantitative estimate of drug-likeness (QED) is 0.305. The standard InChI is InChI=1S/C27H45NO6/c1-8-9-10-20-12-11-19(15-23(20)29)14-21(17(2)3)16-22(24(30)13-18(4)25(31)32)28-26(33)34-27(5,6)7/h11-12,15,17-18,21-22,24,29-30H,8-10,13-14,16H2,1-7H3,(H,28,33)(H,31,32)/t18?,21-,22-,24-/m0/s1. The van der Waals surface area contributed by atoms with Crippen LogP contribution in [-0.2, 0) is 22.4 Å². The molecule has 0 saturated heterocycles. The van der Waals surface area contributed by atoms with Gasteiger partial charge < -0.3 is 25.4 Å². The number of hydrogen-bond donors (Lipinski definition) is 4. The predicted octanol–water partition coefficient (Wildman–Crippen LogP) is 5.30. The number of unbranched alkanes of at least 4 members (excludes halogenated alkanes) is 1. The highest BCUT2D eigenvalue weighted by Crippen LogP contribution is 2.28. The summed E-state index contributed by atoms with van der Waals surface area (Å²) in [5, 5.41) is 33.4. The third kappa shape index (κ3) is 10.8. The molecule has 1 amide bonds. The summed E-state index contributed by atoms with van der Waals surface area (Å²) in [7, 11) is 0. The molecule has 1 aromatic carbocycles. The third-order valence-electron chi connectivity index (χ3n) is 6.13. The molecule has 0 saturated carbocycles. The van der Waals surface area contributed by atoms with E-state index >= 15 is 0 Å². The zero-order valence-electron chi connectivity index (χ0n) is 21.9. The Morgan fingerprint density at radius 2 is 1.76 bits per heavy atom. The zero-order chi connectivity index (χ0) is 26.1. The minimum Gasteiger partial charge on any atom is -0.508 e. The molecule has 7 heteroatoms. The van der Waals surface area contributed by atoms with Gasteiger partial charge in [0.15, 0.2) is 0 Å². The molecular weight excluding hydrogens is 434 g/mol. The van der Waals surface area contributed by atoms with E-state index in [0.717, 1.165) is 30.4 Å². The van der Waals surface area contributed by atoms with E-state index in [4.69, 9.17) is 4.74 Å². The van der Waals surface area contributed by atoms with Crippen LogP contribution in [0.15, 0.2) is 18.2 Å². The molecule has 0 heterocycles. The van der Waals surface area contributed by atoms with Crippen LogP contribution in [0.5, 0.6) is 5.75 Å². The highest BCUT2D eigenvalue weighted by molar-refractivity contribution is 5.70. The second-order valence-corrected chi connectivity index (χ2v) is 10.8. The van der Waals surface area contributed by atoms with Crippen LogP contribution in [0.1, 0.15) is 85.3 Å². The number of hydrogen-bond acceptors (Lipinski definition) is 5. The smallest absolute Gasteiger partial charge is 0.407 e. The Labute approximate surface area is 204 Å². The second-order valence-electron chi connectivity index (χ2n) is 10.8. The van der Waals surface area contributed by atoms with Crippen molar-refractivity contribution >= 4 is 12.1 Å². The maximum Gasteiger partial charge on any atom is 0.407 e. The maximum atomic E-state index is 12.5. The molecule has 0 spiro atoms. The average molecular weight is 480 g/mol. The van der Waals surface area contributed by atoms with Crippen LogP contribution in [-0.4, -0.2) is 45.1 Å². The summed E-state index contributed by atoms with van der Waals surface area (Å²) in [5.74, 6) is -1.13. The first-order valence-electron chi connectivity index (χ1n) is 12.4. The van der Waals surface area contributed by atoms with Crippen molar-refractivity contribution in [3.63, 3.8) is 0 Å². The number of phenolic OH excluding ortho intramolecular Hbond substituents is 1. The lowest BCUT2D eigenvalue weighted by Gasteiger charge is -2.32. The fourth-order valence-corrected chi connectivity index (χ4v) is 3.93. The number of benzene rings is 1. The van der Waals surface area contributed by atoms with E-state index in [2.05, 4.69) is 26.1 Å². The number of carboxylic acid groups (broad SMARTS) is 1. The van der Waals surface area contributed by atoms with E-state index in [1.165, 1.54) is 0 Å². The molecule has 4 N–H and O–H groups in total. The van der Waals surface area contributed by atoms with Gasteiger partial charge in [-0.1, -0.05) is 46.2 Å². The van der Waals surface area contributed by atoms with Crippen LogP contribution in [0.2, 0.25) is 0 Å². The molecule has 1 rings (SSSR count). The number of alkyl carbamates (subject to hydrolysis) is 1. The monoisotopic (exact) mass is 479 g/mol. The van der Waals surface area contributed by atoms with E-state index in [1.54, 1.807) is 33.8 Å². The third-order valence-corrected chi connectivity index (χ3v) is 6.13. The summed E-state index contributed by atoms with van der Waals surface area (Å²) in [6, 6.07) is 5.14. The topological polar surface area (TPSA) is 116 Å². The fourth-order valence-electron chi connectivity index (χ4n) is 3.93. The molecule has 0 aromatic heterocycles. The lowest BCUT2D eigenvalue weighted by atomic mass is 9.81.